The van der Waals surface area contributed by atoms with E-state index in [-0.39, 0.29) is 0 Å². The van der Waals surface area contributed by atoms with Gasteiger partial charge in [0.15, 0.2) is 5.65 Å². The topological polar surface area (TPSA) is 43.2 Å². The Labute approximate surface area is 137 Å². The average Bonchev–Trinajstić information content (AvgIpc) is 3.26. The Morgan fingerprint density at radius 3 is 3.00 bits per heavy atom. The van der Waals surface area contributed by atoms with Crippen LogP contribution in [0.1, 0.15) is 51.4 Å². The van der Waals surface area contributed by atoms with Gasteiger partial charge in [-0.15, -0.1) is 0 Å². The Morgan fingerprint density at radius 2 is 2.22 bits per heavy atom. The third kappa shape index (κ3) is 2.76. The van der Waals surface area contributed by atoms with Crippen molar-refractivity contribution in [1.29, 1.82) is 0 Å². The number of rotatable bonds is 4. The van der Waals surface area contributed by atoms with Gasteiger partial charge in [0.05, 0.1) is 18.7 Å². The molecule has 0 radical (unpaired) electrons. The van der Waals surface area contributed by atoms with E-state index in [1.54, 1.807) is 0 Å². The summed E-state index contributed by atoms with van der Waals surface area (Å²) in [6.07, 6.45) is 6.93. The maximum atomic E-state index is 5.88. The Bertz CT molecular complexity index is 675. The molecule has 2 atom stereocenters. The highest BCUT2D eigenvalue weighted by Gasteiger charge is 2.33. The van der Waals surface area contributed by atoms with Gasteiger partial charge in [0, 0.05) is 18.8 Å². The van der Waals surface area contributed by atoms with Gasteiger partial charge in [-0.1, -0.05) is 0 Å². The molecule has 5 heteroatoms. The van der Waals surface area contributed by atoms with Crippen molar-refractivity contribution in [3.05, 3.63) is 24.2 Å². The zero-order chi connectivity index (χ0) is 15.8. The Kier molecular flexibility index (Phi) is 4.07. The first-order valence-corrected chi connectivity index (χ1v) is 8.92. The van der Waals surface area contributed by atoms with E-state index in [9.17, 15) is 0 Å². The van der Waals surface area contributed by atoms with Crippen LogP contribution in [0.15, 0.2) is 18.3 Å². The number of pyridine rings is 1. The number of hydrogen-bond acceptors (Lipinski definition) is 4. The van der Waals surface area contributed by atoms with Crippen LogP contribution in [-0.4, -0.2) is 44.7 Å². The van der Waals surface area contributed by atoms with E-state index in [4.69, 9.17) is 9.72 Å². The van der Waals surface area contributed by atoms with Crippen LogP contribution in [0, 0.1) is 0 Å². The summed E-state index contributed by atoms with van der Waals surface area (Å²) in [6, 6.07) is 5.01. The molecule has 23 heavy (non-hydrogen) atoms. The molecule has 2 unspecified atom stereocenters. The molecule has 2 aromatic heterocycles. The molecule has 0 bridgehead atoms. The van der Waals surface area contributed by atoms with Crippen LogP contribution in [0.25, 0.3) is 11.2 Å². The summed E-state index contributed by atoms with van der Waals surface area (Å²) in [4.78, 5) is 12.2. The minimum atomic E-state index is 0.307. The van der Waals surface area contributed by atoms with Crippen molar-refractivity contribution < 1.29 is 4.74 Å². The highest BCUT2D eigenvalue weighted by molar-refractivity contribution is 5.71. The lowest BCUT2D eigenvalue weighted by molar-refractivity contribution is 0.0950. The average molecular weight is 314 g/mol. The molecule has 0 saturated carbocycles. The van der Waals surface area contributed by atoms with E-state index < -0.39 is 0 Å². The molecule has 2 fully saturated rings. The zero-order valence-electron chi connectivity index (χ0n) is 14.1. The SMILES string of the molecule is CC(C)N1CCCC1c1nc2cccnc2n1CC1CCCO1. The summed E-state index contributed by atoms with van der Waals surface area (Å²) < 4.78 is 8.21. The number of ether oxygens (including phenoxy) is 1. The highest BCUT2D eigenvalue weighted by Crippen LogP contribution is 2.34. The summed E-state index contributed by atoms with van der Waals surface area (Å²) in [5.41, 5.74) is 2.02. The molecule has 2 saturated heterocycles. The number of imidazole rings is 1. The number of nitrogens with zero attached hydrogens (tertiary/aromatic N) is 4. The van der Waals surface area contributed by atoms with Crippen LogP contribution in [-0.2, 0) is 11.3 Å². The van der Waals surface area contributed by atoms with Gasteiger partial charge in [0.25, 0.3) is 0 Å². The van der Waals surface area contributed by atoms with E-state index in [1.165, 1.54) is 31.6 Å². The molecule has 0 spiro atoms. The van der Waals surface area contributed by atoms with Crippen LogP contribution in [0.3, 0.4) is 0 Å². The number of hydrogen-bond donors (Lipinski definition) is 0. The predicted molar refractivity (Wildman–Crippen MR) is 90.3 cm³/mol. The number of likely N-dealkylation sites (tertiary alicyclic amines) is 1. The molecule has 0 aliphatic carbocycles. The summed E-state index contributed by atoms with van der Waals surface area (Å²) in [6.45, 7) is 7.50. The van der Waals surface area contributed by atoms with Crippen molar-refractivity contribution in [2.45, 2.75) is 64.3 Å². The lowest BCUT2D eigenvalue weighted by Crippen LogP contribution is -2.32. The third-order valence-corrected chi connectivity index (χ3v) is 5.20. The quantitative estimate of drug-likeness (QED) is 0.869. The molecule has 4 heterocycles. The molecular formula is C18H26N4O. The molecule has 2 aliphatic rings. The second kappa shape index (κ2) is 6.21. The van der Waals surface area contributed by atoms with Crippen molar-refractivity contribution in [3.63, 3.8) is 0 Å². The summed E-state index contributed by atoms with van der Waals surface area (Å²) >= 11 is 0. The zero-order valence-corrected chi connectivity index (χ0v) is 14.1. The molecule has 2 aliphatic heterocycles. The Hall–Kier alpha value is -1.46. The van der Waals surface area contributed by atoms with E-state index in [2.05, 4.69) is 34.4 Å². The minimum Gasteiger partial charge on any atom is -0.376 e. The van der Waals surface area contributed by atoms with Crippen LogP contribution in [0.2, 0.25) is 0 Å². The number of fused-ring (bicyclic) bond motifs is 1. The van der Waals surface area contributed by atoms with Crippen molar-refractivity contribution in [2.24, 2.45) is 0 Å². The first-order chi connectivity index (χ1) is 11.2. The first kappa shape index (κ1) is 15.1. The fraction of sp³-hybridized carbons (Fsp3) is 0.667. The lowest BCUT2D eigenvalue weighted by atomic mass is 10.1. The largest absolute Gasteiger partial charge is 0.376 e. The maximum absolute atomic E-state index is 5.88. The van der Waals surface area contributed by atoms with Gasteiger partial charge in [-0.3, -0.25) is 4.90 Å². The van der Waals surface area contributed by atoms with E-state index in [0.29, 0.717) is 18.2 Å². The van der Waals surface area contributed by atoms with Gasteiger partial charge in [-0.05, 0) is 58.2 Å². The van der Waals surface area contributed by atoms with Gasteiger partial charge < -0.3 is 9.30 Å². The van der Waals surface area contributed by atoms with Crippen molar-refractivity contribution in [2.75, 3.05) is 13.2 Å². The second-order valence-corrected chi connectivity index (χ2v) is 7.05. The highest BCUT2D eigenvalue weighted by atomic mass is 16.5. The second-order valence-electron chi connectivity index (χ2n) is 7.05. The van der Waals surface area contributed by atoms with E-state index in [1.807, 2.05) is 12.3 Å². The summed E-state index contributed by atoms with van der Waals surface area (Å²) in [7, 11) is 0. The van der Waals surface area contributed by atoms with Crippen LogP contribution in [0.5, 0.6) is 0 Å². The monoisotopic (exact) mass is 314 g/mol. The normalized spacial score (nSPS) is 25.9. The fourth-order valence-electron chi connectivity index (χ4n) is 4.09. The summed E-state index contributed by atoms with van der Waals surface area (Å²) in [5.74, 6) is 1.18. The van der Waals surface area contributed by atoms with Gasteiger partial charge in [0.2, 0.25) is 0 Å². The smallest absolute Gasteiger partial charge is 0.160 e. The lowest BCUT2D eigenvalue weighted by Gasteiger charge is -2.28. The van der Waals surface area contributed by atoms with Crippen molar-refractivity contribution >= 4 is 11.2 Å². The van der Waals surface area contributed by atoms with E-state index in [0.717, 1.165) is 30.7 Å². The molecular weight excluding hydrogens is 288 g/mol. The molecule has 0 N–H and O–H groups in total. The van der Waals surface area contributed by atoms with Crippen LogP contribution in [0.4, 0.5) is 0 Å². The molecule has 4 rings (SSSR count). The maximum Gasteiger partial charge on any atom is 0.160 e. The van der Waals surface area contributed by atoms with Gasteiger partial charge in [-0.25, -0.2) is 9.97 Å². The van der Waals surface area contributed by atoms with Gasteiger partial charge in [-0.2, -0.15) is 0 Å². The molecule has 2 aromatic rings. The molecule has 124 valence electrons. The standard InChI is InChI=1S/C18H26N4O/c1-13(2)21-10-4-8-16(21)18-20-15-7-3-9-19-17(15)22(18)12-14-6-5-11-23-14/h3,7,9,13-14,16H,4-6,8,10-12H2,1-2H3. The minimum absolute atomic E-state index is 0.307. The fourth-order valence-corrected chi connectivity index (χ4v) is 4.09. The van der Waals surface area contributed by atoms with Crippen molar-refractivity contribution in [3.8, 4) is 0 Å². The Morgan fingerprint density at radius 1 is 1.30 bits per heavy atom. The van der Waals surface area contributed by atoms with E-state index >= 15 is 0 Å². The molecule has 0 amide bonds. The van der Waals surface area contributed by atoms with Gasteiger partial charge >= 0.3 is 0 Å². The Balaban J connectivity index is 1.75. The number of aromatic nitrogens is 3. The van der Waals surface area contributed by atoms with Crippen LogP contribution < -0.4 is 0 Å². The molecule has 0 aromatic carbocycles. The van der Waals surface area contributed by atoms with Gasteiger partial charge in [0.1, 0.15) is 11.3 Å². The van der Waals surface area contributed by atoms with Crippen LogP contribution >= 0.6 is 0 Å². The molecule has 5 nitrogen and oxygen atoms in total. The van der Waals surface area contributed by atoms with Crippen molar-refractivity contribution in [1.82, 2.24) is 19.4 Å². The predicted octanol–water partition coefficient (Wildman–Crippen LogP) is 3.16. The third-order valence-electron chi connectivity index (χ3n) is 5.20. The first-order valence-electron chi connectivity index (χ1n) is 8.92. The summed E-state index contributed by atoms with van der Waals surface area (Å²) in [5, 5.41) is 0.